The lowest BCUT2D eigenvalue weighted by molar-refractivity contribution is -0.123. The van der Waals surface area contributed by atoms with Gasteiger partial charge in [0.05, 0.1) is 0 Å². The average Bonchev–Trinajstić information content (AvgIpc) is 2.06. The number of carbonyl (C=O) groups excluding carboxylic acids is 1. The van der Waals surface area contributed by atoms with E-state index in [9.17, 15) is 9.90 Å². The fourth-order valence-electron chi connectivity index (χ4n) is 0.629. The van der Waals surface area contributed by atoms with Crippen LogP contribution in [0.2, 0.25) is 0 Å². The molecule has 11 heavy (non-hydrogen) atoms. The van der Waals surface area contributed by atoms with E-state index >= 15 is 0 Å². The van der Waals surface area contributed by atoms with Gasteiger partial charge in [0, 0.05) is 18.0 Å². The molecular formula is C7H8N2O2. The monoisotopic (exact) mass is 152 g/mol. The van der Waals surface area contributed by atoms with Crippen LogP contribution in [-0.2, 0) is 10.4 Å². The number of aromatic nitrogens is 2. The van der Waals surface area contributed by atoms with Crippen LogP contribution in [0.3, 0.4) is 0 Å². The molecule has 1 unspecified atom stereocenters. The van der Waals surface area contributed by atoms with Gasteiger partial charge < -0.3 is 5.11 Å². The van der Waals surface area contributed by atoms with Crippen molar-refractivity contribution in [2.45, 2.75) is 12.5 Å². The molecular weight excluding hydrogens is 144 g/mol. The lowest BCUT2D eigenvalue weighted by atomic mass is 10.0. The lowest BCUT2D eigenvalue weighted by Crippen LogP contribution is -2.22. The number of nitrogens with zero attached hydrogens (tertiary/aromatic N) is 2. The highest BCUT2D eigenvalue weighted by atomic mass is 16.3. The van der Waals surface area contributed by atoms with E-state index in [1.807, 2.05) is 0 Å². The largest absolute Gasteiger partial charge is 0.378 e. The summed E-state index contributed by atoms with van der Waals surface area (Å²) in [5.74, 6) is 0. The van der Waals surface area contributed by atoms with E-state index in [1.165, 1.54) is 25.6 Å². The molecule has 0 saturated heterocycles. The van der Waals surface area contributed by atoms with Crippen molar-refractivity contribution in [1.29, 1.82) is 0 Å². The molecule has 1 atom stereocenters. The molecule has 0 amide bonds. The number of rotatable bonds is 2. The highest BCUT2D eigenvalue weighted by Gasteiger charge is 2.21. The van der Waals surface area contributed by atoms with Crippen LogP contribution in [0.1, 0.15) is 12.5 Å². The Bertz CT molecular complexity index is 246. The minimum atomic E-state index is -1.47. The van der Waals surface area contributed by atoms with Crippen molar-refractivity contribution in [2.75, 3.05) is 0 Å². The van der Waals surface area contributed by atoms with Crippen LogP contribution in [0.5, 0.6) is 0 Å². The van der Waals surface area contributed by atoms with E-state index in [2.05, 4.69) is 9.97 Å². The second-order valence-electron chi connectivity index (χ2n) is 2.39. The second kappa shape index (κ2) is 2.75. The lowest BCUT2D eigenvalue weighted by Gasteiger charge is -2.13. The summed E-state index contributed by atoms with van der Waals surface area (Å²) in [5.41, 5.74) is -1.07. The summed E-state index contributed by atoms with van der Waals surface area (Å²) in [6.07, 6.45) is 4.60. The summed E-state index contributed by atoms with van der Waals surface area (Å²) in [4.78, 5) is 17.7. The molecule has 58 valence electrons. The fourth-order valence-corrected chi connectivity index (χ4v) is 0.629. The molecule has 0 aliphatic rings. The molecule has 0 radical (unpaired) electrons. The molecule has 1 heterocycles. The Morgan fingerprint density at radius 2 is 2.09 bits per heavy atom. The van der Waals surface area contributed by atoms with Crippen molar-refractivity contribution in [3.8, 4) is 0 Å². The van der Waals surface area contributed by atoms with Crippen LogP contribution in [0, 0.1) is 0 Å². The summed E-state index contributed by atoms with van der Waals surface area (Å²) >= 11 is 0. The van der Waals surface area contributed by atoms with Crippen molar-refractivity contribution in [3.63, 3.8) is 0 Å². The molecule has 0 saturated carbocycles. The van der Waals surface area contributed by atoms with Gasteiger partial charge in [-0.3, -0.25) is 4.79 Å². The molecule has 0 fully saturated rings. The molecule has 0 aliphatic heterocycles. The molecule has 0 aromatic carbocycles. The summed E-state index contributed by atoms with van der Waals surface area (Å²) in [5, 5.41) is 9.35. The van der Waals surface area contributed by atoms with E-state index in [1.54, 1.807) is 0 Å². The Kier molecular flexibility index (Phi) is 1.96. The van der Waals surface area contributed by atoms with Gasteiger partial charge in [-0.1, -0.05) is 0 Å². The molecule has 0 aliphatic carbocycles. The summed E-state index contributed by atoms with van der Waals surface area (Å²) in [7, 11) is 0. The van der Waals surface area contributed by atoms with Gasteiger partial charge >= 0.3 is 0 Å². The van der Waals surface area contributed by atoms with Crippen LogP contribution >= 0.6 is 0 Å². The Labute approximate surface area is 63.9 Å². The maximum atomic E-state index is 10.3. The first kappa shape index (κ1) is 7.81. The van der Waals surface area contributed by atoms with Crippen LogP contribution in [0.4, 0.5) is 0 Å². The maximum Gasteiger partial charge on any atom is 0.155 e. The Balaban J connectivity index is 3.02. The smallest absolute Gasteiger partial charge is 0.155 e. The standard InChI is InChI=1S/C7H8N2O2/c1-7(11,4-10)6-2-8-5-9-3-6/h2-5,11H,1H3. The van der Waals surface area contributed by atoms with Gasteiger partial charge in [-0.15, -0.1) is 0 Å². The molecule has 1 aromatic rings. The van der Waals surface area contributed by atoms with Crippen LogP contribution in [-0.4, -0.2) is 21.4 Å². The third-order valence-corrected chi connectivity index (χ3v) is 1.37. The third-order valence-electron chi connectivity index (χ3n) is 1.37. The van der Waals surface area contributed by atoms with Crippen LogP contribution in [0.15, 0.2) is 18.7 Å². The number of aliphatic hydroxyl groups is 1. The average molecular weight is 152 g/mol. The molecule has 1 rings (SSSR count). The van der Waals surface area contributed by atoms with E-state index in [-0.39, 0.29) is 0 Å². The molecule has 0 bridgehead atoms. The van der Waals surface area contributed by atoms with Crippen molar-refractivity contribution in [2.24, 2.45) is 0 Å². The zero-order valence-corrected chi connectivity index (χ0v) is 6.06. The van der Waals surface area contributed by atoms with E-state index in [0.29, 0.717) is 11.8 Å². The molecule has 4 heteroatoms. The van der Waals surface area contributed by atoms with Gasteiger partial charge in [-0.05, 0) is 6.92 Å². The third kappa shape index (κ3) is 1.59. The van der Waals surface area contributed by atoms with Gasteiger partial charge in [0.25, 0.3) is 0 Å². The number of hydrogen-bond acceptors (Lipinski definition) is 4. The van der Waals surface area contributed by atoms with Gasteiger partial charge in [0.2, 0.25) is 0 Å². The zero-order chi connectivity index (χ0) is 8.32. The first-order valence-electron chi connectivity index (χ1n) is 3.11. The Morgan fingerprint density at radius 1 is 1.55 bits per heavy atom. The Hall–Kier alpha value is -1.29. The van der Waals surface area contributed by atoms with Crippen molar-refractivity contribution >= 4 is 6.29 Å². The first-order valence-corrected chi connectivity index (χ1v) is 3.11. The Morgan fingerprint density at radius 3 is 2.55 bits per heavy atom. The van der Waals surface area contributed by atoms with Crippen molar-refractivity contribution < 1.29 is 9.90 Å². The number of carbonyl (C=O) groups is 1. The summed E-state index contributed by atoms with van der Waals surface area (Å²) < 4.78 is 0. The van der Waals surface area contributed by atoms with E-state index < -0.39 is 5.60 Å². The normalized spacial score (nSPS) is 15.5. The number of aldehydes is 1. The molecule has 4 nitrogen and oxygen atoms in total. The minimum absolute atomic E-state index is 0.398. The summed E-state index contributed by atoms with van der Waals surface area (Å²) in [6, 6.07) is 0. The van der Waals surface area contributed by atoms with Crippen LogP contribution in [0.25, 0.3) is 0 Å². The van der Waals surface area contributed by atoms with Gasteiger partial charge in [-0.25, -0.2) is 9.97 Å². The highest BCUT2D eigenvalue weighted by Crippen LogP contribution is 2.14. The summed E-state index contributed by atoms with van der Waals surface area (Å²) in [6.45, 7) is 1.39. The topological polar surface area (TPSA) is 63.1 Å². The SMILES string of the molecule is CC(O)(C=O)c1cncnc1. The minimum Gasteiger partial charge on any atom is -0.378 e. The predicted octanol–water partition coefficient (Wildman–Crippen LogP) is -0.117. The van der Waals surface area contributed by atoms with Gasteiger partial charge in [-0.2, -0.15) is 0 Å². The van der Waals surface area contributed by atoms with Gasteiger partial charge in [0.15, 0.2) is 6.29 Å². The molecule has 1 N–H and O–H groups in total. The highest BCUT2D eigenvalue weighted by molar-refractivity contribution is 5.64. The molecule has 0 spiro atoms. The maximum absolute atomic E-state index is 10.3. The second-order valence-corrected chi connectivity index (χ2v) is 2.39. The van der Waals surface area contributed by atoms with E-state index in [4.69, 9.17) is 0 Å². The quantitative estimate of drug-likeness (QED) is 0.600. The van der Waals surface area contributed by atoms with Crippen LogP contribution < -0.4 is 0 Å². The molecule has 1 aromatic heterocycles. The fraction of sp³-hybridized carbons (Fsp3) is 0.286. The van der Waals surface area contributed by atoms with Crippen molar-refractivity contribution in [1.82, 2.24) is 9.97 Å². The number of hydrogen-bond donors (Lipinski definition) is 1. The van der Waals surface area contributed by atoms with Crippen molar-refractivity contribution in [3.05, 3.63) is 24.3 Å². The predicted molar refractivity (Wildman–Crippen MR) is 37.7 cm³/mol. The zero-order valence-electron chi connectivity index (χ0n) is 6.06. The first-order chi connectivity index (χ1) is 5.17. The van der Waals surface area contributed by atoms with Gasteiger partial charge in [0.1, 0.15) is 11.9 Å². The van der Waals surface area contributed by atoms with E-state index in [0.717, 1.165) is 0 Å².